The van der Waals surface area contributed by atoms with Crippen LogP contribution in [0.4, 0.5) is 0 Å². The van der Waals surface area contributed by atoms with Gasteiger partial charge in [0.25, 0.3) is 0 Å². The number of rotatable bonds is 8. The summed E-state index contributed by atoms with van der Waals surface area (Å²) in [6.07, 6.45) is 14.8. The lowest BCUT2D eigenvalue weighted by molar-refractivity contribution is 0.899. The quantitative estimate of drug-likeness (QED) is 0.108. The zero-order chi connectivity index (χ0) is 39.4. The van der Waals surface area contributed by atoms with E-state index < -0.39 is 0 Å². The van der Waals surface area contributed by atoms with Gasteiger partial charge in [-0.15, -0.1) is 12.8 Å². The normalized spacial score (nSPS) is 11.7. The first-order valence-electron chi connectivity index (χ1n) is 19.8. The van der Waals surface area contributed by atoms with Crippen molar-refractivity contribution >= 4 is 49.2 Å². The van der Waals surface area contributed by atoms with Gasteiger partial charge in [0, 0.05) is 44.8 Å². The molecule has 2 nitrogen and oxygen atoms in total. The van der Waals surface area contributed by atoms with Gasteiger partial charge in [-0.25, -0.2) is 0 Å². The highest BCUT2D eigenvalue weighted by Crippen LogP contribution is 2.36. The fourth-order valence-corrected chi connectivity index (χ4v) is 8.48. The Kier molecular flexibility index (Phi) is 9.87. The molecule has 2 aromatic heterocycles. The van der Waals surface area contributed by atoms with Crippen LogP contribution in [0.15, 0.2) is 212 Å². The molecule has 10 aromatic rings. The first kappa shape index (κ1) is 36.1. The molecule has 0 radical (unpaired) electrons. The maximum absolute atomic E-state index is 4.00. The smallest absolute Gasteiger partial charge is 0.0541 e. The highest BCUT2D eigenvalue weighted by molar-refractivity contribution is 6.09. The maximum atomic E-state index is 4.00. The monoisotopic (exact) mass is 742 g/mol. The fraction of sp³-hybridized carbons (Fsp3) is 0.0357. The summed E-state index contributed by atoms with van der Waals surface area (Å²) in [5, 5.41) is 5.14. The van der Waals surface area contributed by atoms with E-state index in [4.69, 9.17) is 0 Å². The van der Waals surface area contributed by atoms with Crippen LogP contribution in [-0.2, 0) is 6.54 Å². The number of aromatic nitrogens is 2. The Morgan fingerprint density at radius 1 is 0.431 bits per heavy atom. The van der Waals surface area contributed by atoms with E-state index in [1.54, 1.807) is 0 Å². The first-order valence-corrected chi connectivity index (χ1v) is 19.8. The Hall–Kier alpha value is -7.60. The molecule has 8 aromatic carbocycles. The highest BCUT2D eigenvalue weighted by atomic mass is 15.0. The zero-order valence-corrected chi connectivity index (χ0v) is 32.5. The number of benzene rings is 8. The van der Waals surface area contributed by atoms with Crippen LogP contribution in [-0.4, -0.2) is 9.13 Å². The Labute approximate surface area is 340 Å². The van der Waals surface area contributed by atoms with Crippen LogP contribution in [0.2, 0.25) is 0 Å². The summed E-state index contributed by atoms with van der Waals surface area (Å²) in [7, 11) is 0. The highest BCUT2D eigenvalue weighted by Gasteiger charge is 2.14. The van der Waals surface area contributed by atoms with Gasteiger partial charge < -0.3 is 9.13 Å². The second-order valence-electron chi connectivity index (χ2n) is 14.5. The van der Waals surface area contributed by atoms with Crippen LogP contribution in [0.3, 0.4) is 0 Å². The van der Waals surface area contributed by atoms with E-state index in [0.717, 1.165) is 12.2 Å². The van der Waals surface area contributed by atoms with Crippen LogP contribution in [0.25, 0.3) is 88.3 Å². The van der Waals surface area contributed by atoms with Gasteiger partial charge in [0.2, 0.25) is 0 Å². The minimum Gasteiger partial charge on any atom is -0.337 e. The van der Waals surface area contributed by atoms with Gasteiger partial charge in [-0.2, -0.15) is 0 Å². The van der Waals surface area contributed by atoms with E-state index in [0.29, 0.717) is 0 Å². The summed E-state index contributed by atoms with van der Waals surface area (Å²) >= 11 is 0. The van der Waals surface area contributed by atoms with Crippen LogP contribution in [0.1, 0.15) is 12.5 Å². The lowest BCUT2D eigenvalue weighted by Crippen LogP contribution is -1.94. The number of fused-ring (bicyclic) bond motifs is 6. The molecular weight excluding hydrogens is 701 g/mol. The number of hydrogen-bond donors (Lipinski definition) is 0. The van der Waals surface area contributed by atoms with E-state index in [2.05, 4.69) is 241 Å². The van der Waals surface area contributed by atoms with Crippen molar-refractivity contribution in [3.8, 4) is 51.9 Å². The fourth-order valence-electron chi connectivity index (χ4n) is 8.48. The second-order valence-corrected chi connectivity index (χ2v) is 14.5. The molecule has 0 unspecified atom stereocenters. The molecule has 10 rings (SSSR count). The van der Waals surface area contributed by atoms with Crippen molar-refractivity contribution < 1.29 is 0 Å². The Balaban J connectivity index is 0.00000215. The van der Waals surface area contributed by atoms with E-state index >= 15 is 0 Å². The average molecular weight is 743 g/mol. The van der Waals surface area contributed by atoms with Gasteiger partial charge in [-0.3, -0.25) is 0 Å². The lowest BCUT2D eigenvalue weighted by atomic mass is 9.92. The summed E-state index contributed by atoms with van der Waals surface area (Å²) in [5.41, 5.74) is 15.7. The summed E-state index contributed by atoms with van der Waals surface area (Å²) < 4.78 is 4.79. The van der Waals surface area contributed by atoms with Gasteiger partial charge in [-0.1, -0.05) is 152 Å². The van der Waals surface area contributed by atoms with E-state index in [1.807, 2.05) is 0 Å². The minimum absolute atomic E-state index is 0.795. The molecule has 0 aliphatic rings. The Bertz CT molecular complexity index is 3040. The van der Waals surface area contributed by atoms with Crippen molar-refractivity contribution in [1.82, 2.24) is 9.13 Å². The Morgan fingerprint density at radius 2 is 0.879 bits per heavy atom. The van der Waals surface area contributed by atoms with E-state index in [9.17, 15) is 0 Å². The largest absolute Gasteiger partial charge is 0.337 e. The minimum atomic E-state index is 0.795. The van der Waals surface area contributed by atoms with E-state index in [1.165, 1.54) is 88.1 Å². The summed E-state index contributed by atoms with van der Waals surface area (Å²) in [6.45, 7) is 2.92. The summed E-state index contributed by atoms with van der Waals surface area (Å²) in [5.74, 6) is 0. The van der Waals surface area contributed by atoms with Crippen molar-refractivity contribution in [3.05, 3.63) is 218 Å². The molecule has 2 heteroatoms. The van der Waals surface area contributed by atoms with Crippen LogP contribution < -0.4 is 0 Å². The SMILES string of the molecule is C#C.C/C=C(\C=C/Cn1c2ccccc2c2ccccc21)c1cccc(-c2cc(-c3ccccc3)cc(-c3ccc(-n4c5ccccc5c5ccccc54)cc3)c2)c1. The average Bonchev–Trinajstić information content (AvgIpc) is 3.81. The maximum Gasteiger partial charge on any atom is 0.0541 e. The van der Waals surface area contributed by atoms with Crippen molar-refractivity contribution in [2.24, 2.45) is 0 Å². The number of para-hydroxylation sites is 4. The molecule has 0 spiro atoms. The predicted molar refractivity (Wildman–Crippen MR) is 249 cm³/mol. The number of nitrogens with zero attached hydrogens (tertiary/aromatic N) is 2. The third kappa shape index (κ3) is 6.60. The molecule has 0 atom stereocenters. The molecule has 58 heavy (non-hydrogen) atoms. The standard InChI is InChI=1S/C54H40N2.C2H2/c1-2-38(20-15-33-55-51-25-10-6-21-47(51)48-22-7-11-26-52(48)55)41-18-14-19-42(34-41)45-36-43(39-16-4-3-5-17-39)35-44(37-45)40-29-31-46(32-30-40)56-53-27-12-8-23-49(53)50-24-9-13-28-54(50)56;1-2/h2-32,34-37H,33H2,1H3;1-2H/b20-15-,38-2+;. The second kappa shape index (κ2) is 15.9. The van der Waals surface area contributed by atoms with E-state index in [-0.39, 0.29) is 0 Å². The molecule has 0 saturated heterocycles. The number of hydrogen-bond acceptors (Lipinski definition) is 0. The van der Waals surface area contributed by atoms with Crippen molar-refractivity contribution in [2.75, 3.05) is 0 Å². The molecule has 0 saturated carbocycles. The molecule has 0 N–H and O–H groups in total. The number of allylic oxidation sites excluding steroid dienone is 4. The van der Waals surface area contributed by atoms with Gasteiger partial charge in [0.05, 0.1) is 11.0 Å². The molecule has 276 valence electrons. The van der Waals surface area contributed by atoms with Gasteiger partial charge in [0.1, 0.15) is 0 Å². The van der Waals surface area contributed by atoms with Gasteiger partial charge >= 0.3 is 0 Å². The topological polar surface area (TPSA) is 9.86 Å². The molecule has 0 aliphatic heterocycles. The van der Waals surface area contributed by atoms with Crippen molar-refractivity contribution in [3.63, 3.8) is 0 Å². The van der Waals surface area contributed by atoms with Crippen molar-refractivity contribution in [1.29, 1.82) is 0 Å². The first-order chi connectivity index (χ1) is 28.7. The van der Waals surface area contributed by atoms with Crippen LogP contribution in [0.5, 0.6) is 0 Å². The molecule has 0 amide bonds. The molecular formula is C56H42N2. The lowest BCUT2D eigenvalue weighted by Gasteiger charge is -2.14. The van der Waals surface area contributed by atoms with Crippen molar-refractivity contribution in [2.45, 2.75) is 13.5 Å². The van der Waals surface area contributed by atoms with Crippen LogP contribution >= 0.6 is 0 Å². The Morgan fingerprint density at radius 3 is 1.43 bits per heavy atom. The number of terminal acetylenes is 1. The van der Waals surface area contributed by atoms with Gasteiger partial charge in [-0.05, 0) is 112 Å². The third-order valence-corrected chi connectivity index (χ3v) is 11.2. The molecule has 0 bridgehead atoms. The predicted octanol–water partition coefficient (Wildman–Crippen LogP) is 14.8. The summed E-state index contributed by atoms with van der Waals surface area (Å²) in [6, 6.07) is 70.5. The third-order valence-electron chi connectivity index (χ3n) is 11.2. The molecule has 2 heterocycles. The summed E-state index contributed by atoms with van der Waals surface area (Å²) in [4.78, 5) is 0. The van der Waals surface area contributed by atoms with Gasteiger partial charge in [0.15, 0.2) is 0 Å². The van der Waals surface area contributed by atoms with Crippen LogP contribution in [0, 0.1) is 12.8 Å². The molecule has 0 aliphatic carbocycles. The molecule has 0 fully saturated rings. The zero-order valence-electron chi connectivity index (χ0n) is 32.5.